The van der Waals surface area contributed by atoms with Gasteiger partial charge in [0.25, 0.3) is 0 Å². The summed E-state index contributed by atoms with van der Waals surface area (Å²) in [6, 6.07) is 9.01. The molecular formula is C13H17N3O2. The molecule has 18 heavy (non-hydrogen) atoms. The van der Waals surface area contributed by atoms with E-state index >= 15 is 0 Å². The number of carbonyl (C=O) groups is 1. The Balaban J connectivity index is 2.33. The Morgan fingerprint density at radius 1 is 1.39 bits per heavy atom. The lowest BCUT2D eigenvalue weighted by Crippen LogP contribution is -2.29. The number of hydrogen-bond donors (Lipinski definition) is 2. The van der Waals surface area contributed by atoms with Crippen LogP contribution in [0.1, 0.15) is 19.3 Å². The number of nitrogens with one attached hydrogen (secondary N) is 2. The molecule has 0 aliphatic carbocycles. The third-order valence-corrected chi connectivity index (χ3v) is 2.36. The van der Waals surface area contributed by atoms with Gasteiger partial charge >= 0.3 is 6.03 Å². The lowest BCUT2D eigenvalue weighted by atomic mass is 10.2. The number of unbranched alkanes of at least 4 members (excludes halogenated alkanes) is 2. The number of hydrogen-bond acceptors (Lipinski definition) is 3. The molecule has 5 nitrogen and oxygen atoms in total. The highest BCUT2D eigenvalue weighted by molar-refractivity contribution is 5.90. The quantitative estimate of drug-likeness (QED) is 0.758. The lowest BCUT2D eigenvalue weighted by Gasteiger charge is -2.10. The summed E-state index contributed by atoms with van der Waals surface area (Å²) >= 11 is 0. The van der Waals surface area contributed by atoms with Crippen LogP contribution < -0.4 is 15.4 Å². The predicted molar refractivity (Wildman–Crippen MR) is 69.5 cm³/mol. The molecule has 0 saturated carbocycles. The maximum absolute atomic E-state index is 11.6. The molecule has 0 aromatic heterocycles. The second-order valence-corrected chi connectivity index (χ2v) is 3.70. The number of methoxy groups -OCH3 is 1. The number of ether oxygens (including phenoxy) is 1. The zero-order valence-corrected chi connectivity index (χ0v) is 10.4. The summed E-state index contributed by atoms with van der Waals surface area (Å²) in [5.74, 6) is 0.622. The van der Waals surface area contributed by atoms with Gasteiger partial charge < -0.3 is 15.4 Å². The third kappa shape index (κ3) is 4.74. The molecule has 0 spiro atoms. The first-order valence-electron chi connectivity index (χ1n) is 5.82. The van der Waals surface area contributed by atoms with Crippen LogP contribution in [0, 0.1) is 11.3 Å². The minimum Gasteiger partial charge on any atom is -0.495 e. The fourth-order valence-electron chi connectivity index (χ4n) is 1.45. The monoisotopic (exact) mass is 247 g/mol. The van der Waals surface area contributed by atoms with Crippen molar-refractivity contribution in [1.82, 2.24) is 5.32 Å². The summed E-state index contributed by atoms with van der Waals surface area (Å²) in [6.45, 7) is 0.558. The number of amides is 2. The van der Waals surface area contributed by atoms with E-state index in [1.807, 2.05) is 12.1 Å². The number of anilines is 1. The molecule has 0 saturated heterocycles. The van der Waals surface area contributed by atoms with Crippen molar-refractivity contribution in [2.45, 2.75) is 19.3 Å². The van der Waals surface area contributed by atoms with E-state index in [1.54, 1.807) is 19.2 Å². The van der Waals surface area contributed by atoms with E-state index in [-0.39, 0.29) is 6.03 Å². The van der Waals surface area contributed by atoms with Crippen molar-refractivity contribution in [3.63, 3.8) is 0 Å². The molecule has 96 valence electrons. The summed E-state index contributed by atoms with van der Waals surface area (Å²) in [7, 11) is 1.56. The number of carbonyl (C=O) groups excluding carboxylic acids is 1. The van der Waals surface area contributed by atoms with Gasteiger partial charge in [0.05, 0.1) is 18.9 Å². The van der Waals surface area contributed by atoms with Crippen LogP contribution >= 0.6 is 0 Å². The maximum atomic E-state index is 11.6. The second kappa shape index (κ2) is 7.96. The number of nitrogens with zero attached hydrogens (tertiary/aromatic N) is 1. The molecule has 0 radical (unpaired) electrons. The third-order valence-electron chi connectivity index (χ3n) is 2.36. The molecule has 0 fully saturated rings. The van der Waals surface area contributed by atoms with Crippen molar-refractivity contribution < 1.29 is 9.53 Å². The topological polar surface area (TPSA) is 74.2 Å². The van der Waals surface area contributed by atoms with Gasteiger partial charge in [-0.3, -0.25) is 0 Å². The average molecular weight is 247 g/mol. The van der Waals surface area contributed by atoms with E-state index in [4.69, 9.17) is 10.00 Å². The Labute approximate surface area is 107 Å². The number of urea groups is 1. The van der Waals surface area contributed by atoms with Crippen LogP contribution in [0.15, 0.2) is 24.3 Å². The van der Waals surface area contributed by atoms with Crippen LogP contribution in [-0.2, 0) is 0 Å². The van der Waals surface area contributed by atoms with E-state index in [2.05, 4.69) is 16.7 Å². The number of para-hydroxylation sites is 2. The first kappa shape index (κ1) is 13.8. The molecule has 1 rings (SSSR count). The van der Waals surface area contributed by atoms with Gasteiger partial charge in [0.2, 0.25) is 0 Å². The largest absolute Gasteiger partial charge is 0.495 e. The van der Waals surface area contributed by atoms with Gasteiger partial charge in [0.15, 0.2) is 0 Å². The summed E-state index contributed by atoms with van der Waals surface area (Å²) in [5.41, 5.74) is 0.634. The Morgan fingerprint density at radius 3 is 2.89 bits per heavy atom. The maximum Gasteiger partial charge on any atom is 0.319 e. The van der Waals surface area contributed by atoms with Crippen molar-refractivity contribution >= 4 is 11.7 Å². The van der Waals surface area contributed by atoms with Gasteiger partial charge in [-0.05, 0) is 25.0 Å². The van der Waals surface area contributed by atoms with Gasteiger partial charge in [0, 0.05) is 13.0 Å². The second-order valence-electron chi connectivity index (χ2n) is 3.70. The Hall–Kier alpha value is -2.22. The lowest BCUT2D eigenvalue weighted by molar-refractivity contribution is 0.252. The Bertz CT molecular complexity index is 426. The van der Waals surface area contributed by atoms with Crippen molar-refractivity contribution in [1.29, 1.82) is 5.26 Å². The van der Waals surface area contributed by atoms with Crippen LogP contribution in [0.4, 0.5) is 10.5 Å². The predicted octanol–water partition coefficient (Wildman–Crippen LogP) is 2.51. The molecule has 1 aromatic rings. The van der Waals surface area contributed by atoms with Crippen molar-refractivity contribution in [3.8, 4) is 11.8 Å². The molecule has 0 unspecified atom stereocenters. The molecule has 2 N–H and O–H groups in total. The van der Waals surface area contributed by atoms with E-state index in [0.29, 0.717) is 24.4 Å². The van der Waals surface area contributed by atoms with Crippen molar-refractivity contribution in [3.05, 3.63) is 24.3 Å². The molecule has 2 amide bonds. The summed E-state index contributed by atoms with van der Waals surface area (Å²) in [6.07, 6.45) is 2.12. The molecular weight excluding hydrogens is 230 g/mol. The summed E-state index contributed by atoms with van der Waals surface area (Å²) in [5, 5.41) is 13.8. The Kier molecular flexibility index (Phi) is 6.12. The number of nitriles is 1. The fourth-order valence-corrected chi connectivity index (χ4v) is 1.45. The standard InChI is InChI=1S/C13H17N3O2/c1-18-12-8-4-3-7-11(12)16-13(17)15-10-6-2-5-9-14/h3-4,7-8H,2,5-6,10H2,1H3,(H2,15,16,17). The molecule has 0 heterocycles. The van der Waals surface area contributed by atoms with Gasteiger partial charge in [-0.2, -0.15) is 5.26 Å². The highest BCUT2D eigenvalue weighted by atomic mass is 16.5. The van der Waals surface area contributed by atoms with Crippen LogP contribution in [-0.4, -0.2) is 19.7 Å². The highest BCUT2D eigenvalue weighted by Crippen LogP contribution is 2.22. The molecule has 1 aromatic carbocycles. The minimum absolute atomic E-state index is 0.267. The van der Waals surface area contributed by atoms with Crippen LogP contribution in [0.2, 0.25) is 0 Å². The van der Waals surface area contributed by atoms with E-state index in [9.17, 15) is 4.79 Å². The van der Waals surface area contributed by atoms with Crippen LogP contribution in [0.3, 0.4) is 0 Å². The molecule has 0 bridgehead atoms. The summed E-state index contributed by atoms with van der Waals surface area (Å²) < 4.78 is 5.13. The van der Waals surface area contributed by atoms with Crippen LogP contribution in [0.25, 0.3) is 0 Å². The van der Waals surface area contributed by atoms with Crippen LogP contribution in [0.5, 0.6) is 5.75 Å². The Morgan fingerprint density at radius 2 is 2.17 bits per heavy atom. The molecule has 5 heteroatoms. The van der Waals surface area contributed by atoms with Gasteiger partial charge in [-0.1, -0.05) is 12.1 Å². The van der Waals surface area contributed by atoms with Crippen molar-refractivity contribution in [2.75, 3.05) is 19.0 Å². The number of benzene rings is 1. The molecule has 0 aliphatic heterocycles. The fraction of sp³-hybridized carbons (Fsp3) is 0.385. The van der Waals surface area contributed by atoms with Gasteiger partial charge in [-0.15, -0.1) is 0 Å². The SMILES string of the molecule is COc1ccccc1NC(=O)NCCCCC#N. The van der Waals surface area contributed by atoms with Crippen molar-refractivity contribution in [2.24, 2.45) is 0 Å². The zero-order chi connectivity index (χ0) is 13.2. The highest BCUT2D eigenvalue weighted by Gasteiger charge is 2.05. The smallest absolute Gasteiger partial charge is 0.319 e. The van der Waals surface area contributed by atoms with Gasteiger partial charge in [0.1, 0.15) is 5.75 Å². The van der Waals surface area contributed by atoms with E-state index in [0.717, 1.165) is 12.8 Å². The first-order valence-corrected chi connectivity index (χ1v) is 5.82. The normalized spacial score (nSPS) is 9.33. The first-order chi connectivity index (χ1) is 8.77. The van der Waals surface area contributed by atoms with E-state index in [1.165, 1.54) is 0 Å². The van der Waals surface area contributed by atoms with E-state index < -0.39 is 0 Å². The summed E-state index contributed by atoms with van der Waals surface area (Å²) in [4.78, 5) is 11.6. The zero-order valence-electron chi connectivity index (χ0n) is 10.4. The average Bonchev–Trinajstić information content (AvgIpc) is 2.39. The molecule has 0 aliphatic rings. The number of rotatable bonds is 6. The minimum atomic E-state index is -0.267. The molecule has 0 atom stereocenters. The van der Waals surface area contributed by atoms with Gasteiger partial charge in [-0.25, -0.2) is 4.79 Å².